The number of hydrogen-bond donors (Lipinski definition) is 4. The van der Waals surface area contributed by atoms with Crippen LogP contribution >= 0.6 is 12.2 Å². The van der Waals surface area contributed by atoms with Gasteiger partial charge in [0.15, 0.2) is 12.4 Å². The second kappa shape index (κ2) is 56.2. The number of aromatic nitrogens is 16. The molecule has 2 unspecified atom stereocenters. The second-order valence-electron chi connectivity index (χ2n) is 29.9. The van der Waals surface area contributed by atoms with Gasteiger partial charge in [0.1, 0.15) is 25.5 Å². The summed E-state index contributed by atoms with van der Waals surface area (Å²) in [7, 11) is 0. The first-order valence-electron chi connectivity index (χ1n) is 42.1. The largest absolute Gasteiger partial charge is 0.447 e. The summed E-state index contributed by atoms with van der Waals surface area (Å²) in [4.78, 5) is 200. The van der Waals surface area contributed by atoms with Crippen molar-refractivity contribution in [3.05, 3.63) is 349 Å². The third-order valence-electron chi connectivity index (χ3n) is 20.2. The third-order valence-corrected chi connectivity index (χ3v) is 20.5. The van der Waals surface area contributed by atoms with E-state index in [0.717, 1.165) is 80.8 Å². The lowest BCUT2D eigenvalue weighted by molar-refractivity contribution is -0.491. The Morgan fingerprint density at radius 2 is 0.824 bits per heavy atom. The van der Waals surface area contributed by atoms with Crippen molar-refractivity contribution < 1.29 is 77.4 Å². The van der Waals surface area contributed by atoms with E-state index in [4.69, 9.17) is 31.5 Å². The van der Waals surface area contributed by atoms with Gasteiger partial charge in [0, 0.05) is 221 Å². The smallest absolute Gasteiger partial charge is 0.416 e. The lowest BCUT2D eigenvalue weighted by Gasteiger charge is -2.21. The molecule has 8 aromatic heterocycles. The van der Waals surface area contributed by atoms with Crippen LogP contribution in [0.15, 0.2) is 246 Å². The molecule has 7 amide bonds. The van der Waals surface area contributed by atoms with Gasteiger partial charge in [-0.15, -0.1) is 0 Å². The molecule has 14 heterocycles. The van der Waals surface area contributed by atoms with Gasteiger partial charge >= 0.3 is 18.3 Å². The molecule has 0 radical (unpaired) electrons. The van der Waals surface area contributed by atoms with E-state index >= 15 is 0 Å². The van der Waals surface area contributed by atoms with Gasteiger partial charge < -0.3 is 35.3 Å². The molecule has 47 heteroatoms. The van der Waals surface area contributed by atoms with Crippen molar-refractivity contribution in [1.29, 1.82) is 0 Å². The quantitative estimate of drug-likeness (QED) is 0.0141. The number of cyclic esters (lactones) is 3. The fourth-order valence-electron chi connectivity index (χ4n) is 13.8. The number of carbonyl (C=O) groups is 8. The van der Waals surface area contributed by atoms with E-state index in [1.165, 1.54) is 117 Å². The van der Waals surface area contributed by atoms with Crippen LogP contribution in [0, 0.1) is 40.5 Å². The molecule has 6 aliphatic heterocycles. The summed E-state index contributed by atoms with van der Waals surface area (Å²) in [5.41, 5.74) is 7.83. The number of carbonyl (C=O) groups excluding carboxylic acids is 8. The monoisotopic (exact) mass is 1880 g/mol. The van der Waals surface area contributed by atoms with Crippen molar-refractivity contribution in [2.75, 3.05) is 65.6 Å². The fraction of sp³-hybridized carbons (Fsp3) is 0.315. The molecule has 4 N–H and O–H groups in total. The van der Waals surface area contributed by atoms with Crippen LogP contribution in [0.2, 0.25) is 0 Å². The Kier molecular flexibility index (Phi) is 42.6. The van der Waals surface area contributed by atoms with Crippen molar-refractivity contribution in [1.82, 2.24) is 110 Å². The van der Waals surface area contributed by atoms with Gasteiger partial charge in [-0.05, 0) is 48.9 Å². The minimum atomic E-state index is -1.17. The van der Waals surface area contributed by atoms with Crippen LogP contribution < -0.4 is 16.0 Å². The third kappa shape index (κ3) is 35.9. The maximum atomic E-state index is 12.8. The zero-order valence-electron chi connectivity index (χ0n) is 73.1. The molecule has 0 bridgehead atoms. The van der Waals surface area contributed by atoms with E-state index in [1.807, 2.05) is 97.2 Å². The molecule has 17 rings (SSSR count). The first-order chi connectivity index (χ1) is 65.9. The van der Waals surface area contributed by atoms with E-state index in [-0.39, 0.29) is 62.1 Å². The molecular weight excluding hydrogens is 1790 g/mol. The van der Waals surface area contributed by atoms with Crippen LogP contribution in [0.4, 0.5) is 14.4 Å². The number of nitro groups is 4. The van der Waals surface area contributed by atoms with E-state index < -0.39 is 99.4 Å². The predicted octanol–water partition coefficient (Wildman–Crippen LogP) is 7.54. The molecule has 6 saturated heterocycles. The summed E-state index contributed by atoms with van der Waals surface area (Å²) in [6, 6.07) is 27.6. The van der Waals surface area contributed by atoms with Crippen molar-refractivity contribution in [3.63, 3.8) is 0 Å². The van der Waals surface area contributed by atoms with Gasteiger partial charge in [-0.3, -0.25) is 144 Å². The highest BCUT2D eigenvalue weighted by atomic mass is 32.1. The molecule has 706 valence electrons. The lowest BCUT2D eigenvalue weighted by atomic mass is 9.99. The summed E-state index contributed by atoms with van der Waals surface area (Å²) >= 11 is 5.04. The molecule has 46 nitrogen and oxygen atoms in total. The number of hydrogen-bond acceptors (Lipinski definition) is 38. The van der Waals surface area contributed by atoms with E-state index in [0.29, 0.717) is 73.1 Å². The standard InChI is InChI=1S/2C18H18N4O5.C12H13NO3.C8H9N3O.C8H9N3S.C8H11N3.C6H7N3O3.C6H5N3O2.C5H4N2O/c2*23-17(9-14(11-21(25)26)16-10-19-6-7-20-16)22-15(12-27-18(22)24)8-13-4-2-1-3-5-13;1-9(14)13-11(8-16-12(13)15)7-10-5-3-2-4-6-10;2*12-8-3-6(4-11-8)7-5-9-1-2-10-7;1-2-9-5-7(1)8-6-10-3-4-11-8;10-6(4-9(11)12)5-3-7-1-2-8-5;10-9(11)4-1-6-5-7-2-3-8-6;8-4-5-3-6-1-2-7-5/h2*1-7,10,14-15H,8-9,11-12H2;2-6,11H,7-8H2,1H3;2*1-2,5-6H,3-4H2,(H,11,12);3-4,6-7,9H,1-2,5H2;1-3,6,10H,4H2;1-5H;1-4H/b;;;;;;;4-1+;/t14?,15-;14-,15+;11-;2*6-;7-;;;/m101000.../s1. The zero-order chi connectivity index (χ0) is 97.2. The number of ether oxygens (including phenoxy) is 3. The SMILES string of the molecule is CC(=O)N1C(=O)OC[C@H]1Cc1ccccc1.O=C(CC(C[N+](=O)[O-])c1cnccn1)N1C(=O)OC[C@H]1Cc1ccccc1.O=C(C[C@@H](C[N+](=O)[O-])c1cnccn1)N1C(=O)OC[C@H]1Cc1ccccc1.O=C1C[C@H](c2cnccn2)CN1.O=Cc1cnccn1.O=[N+]([O-])/C=C/c1cnccn1.O=[N+]([O-])CC(O)c1cnccn1.S=C1C[C@H](c2cnccn2)CN1.c1cnc([C@H]2CCNC2)cn1. The number of aldehydes is 1. The van der Waals surface area contributed by atoms with Crippen molar-refractivity contribution in [2.24, 2.45) is 0 Å². The number of thiocarbonyl (C=S) groups is 1. The number of benzene rings is 3. The first-order valence-corrected chi connectivity index (χ1v) is 42.5. The van der Waals surface area contributed by atoms with Gasteiger partial charge in [-0.25, -0.2) is 29.1 Å². The normalized spacial score (nSPS) is 17.5. The molecule has 3 aromatic carbocycles. The maximum absolute atomic E-state index is 12.8. The Labute approximate surface area is 781 Å². The Balaban J connectivity index is 0.000000177. The Hall–Kier alpha value is -16.6. The molecule has 0 spiro atoms. The minimum absolute atomic E-state index is 0.102. The average Bonchev–Trinajstić information content (AvgIpc) is 1.68. The highest BCUT2D eigenvalue weighted by molar-refractivity contribution is 7.80. The zero-order valence-corrected chi connectivity index (χ0v) is 73.9. The van der Waals surface area contributed by atoms with Gasteiger partial charge in [0.05, 0.1) is 98.3 Å². The van der Waals surface area contributed by atoms with Crippen LogP contribution in [0.5, 0.6) is 0 Å². The number of rotatable bonds is 25. The average molecular weight is 1880 g/mol. The summed E-state index contributed by atoms with van der Waals surface area (Å²) in [5.74, 6) is -1.51. The number of amides is 7. The van der Waals surface area contributed by atoms with E-state index in [2.05, 4.69) is 95.7 Å². The molecular formula is C89H94N26O20S. The van der Waals surface area contributed by atoms with Crippen molar-refractivity contribution in [3.8, 4) is 0 Å². The highest BCUT2D eigenvalue weighted by Gasteiger charge is 2.42. The fourth-order valence-corrected chi connectivity index (χ4v) is 14.0. The molecule has 0 saturated carbocycles. The lowest BCUT2D eigenvalue weighted by Crippen LogP contribution is -2.41. The Morgan fingerprint density at radius 3 is 1.15 bits per heavy atom. The van der Waals surface area contributed by atoms with Crippen molar-refractivity contribution in [2.45, 2.75) is 112 Å². The summed E-state index contributed by atoms with van der Waals surface area (Å²) in [5, 5.41) is 60.2. The predicted molar refractivity (Wildman–Crippen MR) is 484 cm³/mol. The van der Waals surface area contributed by atoms with Crippen LogP contribution in [0.1, 0.15) is 142 Å². The number of imide groups is 3. The first kappa shape index (κ1) is 103. The number of aliphatic hydroxyl groups excluding tert-OH is 1. The van der Waals surface area contributed by atoms with Crippen LogP contribution in [0.3, 0.4) is 0 Å². The molecule has 6 fully saturated rings. The van der Waals surface area contributed by atoms with Gasteiger partial charge in [-0.2, -0.15) is 0 Å². The van der Waals surface area contributed by atoms with Crippen LogP contribution in [-0.2, 0) is 52.7 Å². The van der Waals surface area contributed by atoms with E-state index in [9.17, 15) is 78.8 Å². The minimum Gasteiger partial charge on any atom is -0.447 e. The van der Waals surface area contributed by atoms with E-state index in [1.54, 1.807) is 49.6 Å². The Morgan fingerprint density at radius 1 is 0.456 bits per heavy atom. The molecule has 9 atom stereocenters. The van der Waals surface area contributed by atoms with Gasteiger partial charge in [-0.1, -0.05) is 103 Å². The van der Waals surface area contributed by atoms with Gasteiger partial charge in [0.25, 0.3) is 0 Å². The van der Waals surface area contributed by atoms with Gasteiger partial charge in [0.2, 0.25) is 49.5 Å². The summed E-state index contributed by atoms with van der Waals surface area (Å²) in [6.07, 6.45) is 40.4. The van der Waals surface area contributed by atoms with Crippen LogP contribution in [-0.4, -0.2) is 256 Å². The molecule has 0 aliphatic carbocycles. The second-order valence-corrected chi connectivity index (χ2v) is 30.4. The molecule has 6 aliphatic rings. The highest BCUT2D eigenvalue weighted by Crippen LogP contribution is 2.28. The number of nitrogens with zero attached hydrogens (tertiary/aromatic N) is 23. The Bertz CT molecular complexity index is 5450. The topological polar surface area (TPSA) is 609 Å². The summed E-state index contributed by atoms with van der Waals surface area (Å²) in [6.45, 7) is 4.13. The van der Waals surface area contributed by atoms with Crippen molar-refractivity contribution >= 4 is 71.5 Å². The number of aliphatic hydroxyl groups is 1. The molecule has 136 heavy (non-hydrogen) atoms. The molecule has 11 aromatic rings. The summed E-state index contributed by atoms with van der Waals surface area (Å²) < 4.78 is 15.0. The van der Waals surface area contributed by atoms with Crippen LogP contribution in [0.25, 0.3) is 6.08 Å². The number of nitrogens with one attached hydrogen (secondary N) is 3. The maximum Gasteiger partial charge on any atom is 0.416 e.